The van der Waals surface area contributed by atoms with E-state index in [4.69, 9.17) is 23.2 Å². The Bertz CT molecular complexity index is 1150. The number of nitrogens with one attached hydrogen (secondary N) is 1. The maximum Gasteiger partial charge on any atom is 0.262 e. The van der Waals surface area contributed by atoms with Gasteiger partial charge in [-0.1, -0.05) is 62.2 Å². The molecular weight excluding hydrogens is 453 g/mol. The van der Waals surface area contributed by atoms with Gasteiger partial charge < -0.3 is 4.57 Å². The summed E-state index contributed by atoms with van der Waals surface area (Å²) in [6.07, 6.45) is 9.09. The molecule has 0 spiro atoms. The number of halogens is 2. The smallest absolute Gasteiger partial charge is 0.262 e. The molecule has 1 N–H and O–H groups in total. The van der Waals surface area contributed by atoms with Gasteiger partial charge in [0.1, 0.15) is 5.52 Å². The van der Waals surface area contributed by atoms with E-state index in [1.165, 1.54) is 50.3 Å². The van der Waals surface area contributed by atoms with Gasteiger partial charge in [-0.2, -0.15) is 0 Å². The predicted octanol–water partition coefficient (Wildman–Crippen LogP) is 7.12. The summed E-state index contributed by atoms with van der Waals surface area (Å²) in [5.41, 5.74) is 3.91. The van der Waals surface area contributed by atoms with Crippen molar-refractivity contribution in [1.29, 1.82) is 0 Å². The summed E-state index contributed by atoms with van der Waals surface area (Å²) in [6.45, 7) is 6.95. The SMILES string of the molecule is CCCCCCCCn1cnc2c(NS(=O)(=O)c3cc(Cl)cc(Cl)c3)c(C)c(C)cc21. The molecule has 3 rings (SSSR count). The van der Waals surface area contributed by atoms with E-state index < -0.39 is 10.0 Å². The second-order valence-electron chi connectivity index (χ2n) is 7.98. The molecule has 0 unspecified atom stereocenters. The van der Waals surface area contributed by atoms with Crippen molar-refractivity contribution in [2.75, 3.05) is 4.72 Å². The number of anilines is 1. The van der Waals surface area contributed by atoms with Gasteiger partial charge in [0.15, 0.2) is 0 Å². The molecule has 0 atom stereocenters. The first-order valence-corrected chi connectivity index (χ1v) is 12.9. The fourth-order valence-electron chi connectivity index (χ4n) is 3.67. The Balaban J connectivity index is 1.88. The number of aromatic nitrogens is 2. The Kier molecular flexibility index (Phi) is 7.89. The predicted molar refractivity (Wildman–Crippen MR) is 130 cm³/mol. The Morgan fingerprint density at radius 3 is 2.29 bits per heavy atom. The summed E-state index contributed by atoms with van der Waals surface area (Å²) >= 11 is 12.0. The number of benzene rings is 2. The van der Waals surface area contributed by atoms with Crippen molar-refractivity contribution in [1.82, 2.24) is 9.55 Å². The third-order valence-corrected chi connectivity index (χ3v) is 7.34. The lowest BCUT2D eigenvalue weighted by Gasteiger charge is -2.14. The number of nitrogens with zero attached hydrogens (tertiary/aromatic N) is 2. The molecule has 3 aromatic rings. The van der Waals surface area contributed by atoms with Crippen molar-refractivity contribution < 1.29 is 8.42 Å². The third-order valence-electron chi connectivity index (χ3n) is 5.57. The number of rotatable bonds is 10. The Morgan fingerprint density at radius 2 is 1.61 bits per heavy atom. The highest BCUT2D eigenvalue weighted by Crippen LogP contribution is 2.32. The van der Waals surface area contributed by atoms with E-state index in [1.807, 2.05) is 13.8 Å². The minimum atomic E-state index is -3.88. The summed E-state index contributed by atoms with van der Waals surface area (Å²) in [4.78, 5) is 4.56. The van der Waals surface area contributed by atoms with Gasteiger partial charge in [0, 0.05) is 16.6 Å². The molecule has 0 bridgehead atoms. The van der Waals surface area contributed by atoms with Gasteiger partial charge >= 0.3 is 0 Å². The second kappa shape index (κ2) is 10.2. The second-order valence-corrected chi connectivity index (χ2v) is 10.5. The van der Waals surface area contributed by atoms with E-state index in [9.17, 15) is 8.42 Å². The van der Waals surface area contributed by atoms with E-state index in [1.54, 1.807) is 6.33 Å². The van der Waals surface area contributed by atoms with Crippen molar-refractivity contribution in [2.24, 2.45) is 0 Å². The van der Waals surface area contributed by atoms with Gasteiger partial charge in [-0.15, -0.1) is 0 Å². The zero-order valence-corrected chi connectivity index (χ0v) is 20.5. The average Bonchev–Trinajstić information content (AvgIpc) is 3.09. The molecule has 0 aliphatic heterocycles. The van der Waals surface area contributed by atoms with Crippen LogP contribution in [0.1, 0.15) is 56.6 Å². The first kappa shape index (κ1) is 23.9. The number of imidazole rings is 1. The average molecular weight is 482 g/mol. The van der Waals surface area contributed by atoms with Crippen LogP contribution in [0, 0.1) is 13.8 Å². The molecule has 5 nitrogen and oxygen atoms in total. The number of fused-ring (bicyclic) bond motifs is 1. The van der Waals surface area contributed by atoms with Crippen LogP contribution in [0.2, 0.25) is 10.0 Å². The van der Waals surface area contributed by atoms with Gasteiger partial charge in [-0.25, -0.2) is 13.4 Å². The van der Waals surface area contributed by atoms with Crippen LogP contribution in [0.15, 0.2) is 35.5 Å². The number of unbranched alkanes of at least 4 members (excludes halogenated alkanes) is 5. The van der Waals surface area contributed by atoms with Crippen LogP contribution in [0.25, 0.3) is 11.0 Å². The summed E-state index contributed by atoms with van der Waals surface area (Å²) in [6, 6.07) is 6.34. The molecule has 0 fully saturated rings. The fraction of sp³-hybridized carbons (Fsp3) is 0.435. The lowest BCUT2D eigenvalue weighted by atomic mass is 10.1. The lowest BCUT2D eigenvalue weighted by molar-refractivity contribution is 0.564. The van der Waals surface area contributed by atoms with Crippen LogP contribution in [0.3, 0.4) is 0 Å². The van der Waals surface area contributed by atoms with Gasteiger partial charge in [-0.05, 0) is 55.7 Å². The minimum Gasteiger partial charge on any atom is -0.331 e. The zero-order chi connectivity index (χ0) is 22.6. The monoisotopic (exact) mass is 481 g/mol. The molecule has 31 heavy (non-hydrogen) atoms. The number of sulfonamides is 1. The topological polar surface area (TPSA) is 64.0 Å². The molecule has 0 aliphatic carbocycles. The summed E-state index contributed by atoms with van der Waals surface area (Å²) in [5.74, 6) is 0. The van der Waals surface area contributed by atoms with E-state index in [0.717, 1.165) is 29.6 Å². The van der Waals surface area contributed by atoms with E-state index in [2.05, 4.69) is 27.3 Å². The summed E-state index contributed by atoms with van der Waals surface area (Å²) in [7, 11) is -3.88. The first-order valence-electron chi connectivity index (χ1n) is 10.7. The maximum atomic E-state index is 13.1. The van der Waals surface area contributed by atoms with Gasteiger partial charge in [0.25, 0.3) is 10.0 Å². The molecular formula is C23H29Cl2N3O2S. The molecule has 1 aromatic heterocycles. The van der Waals surface area contributed by atoms with Crippen molar-refractivity contribution in [3.8, 4) is 0 Å². The largest absolute Gasteiger partial charge is 0.331 e. The molecule has 1 heterocycles. The van der Waals surface area contributed by atoms with Crippen LogP contribution in [-0.4, -0.2) is 18.0 Å². The van der Waals surface area contributed by atoms with Crippen LogP contribution in [0.4, 0.5) is 5.69 Å². The normalized spacial score (nSPS) is 11.9. The Hall–Kier alpha value is -1.76. The Labute approximate surface area is 194 Å². The summed E-state index contributed by atoms with van der Waals surface area (Å²) < 4.78 is 30.9. The maximum absolute atomic E-state index is 13.1. The van der Waals surface area contributed by atoms with E-state index in [0.29, 0.717) is 11.2 Å². The zero-order valence-electron chi connectivity index (χ0n) is 18.2. The standard InChI is InChI=1S/C23H29Cl2N3O2S/c1-4-5-6-7-8-9-10-28-15-26-23-21(28)11-16(2)17(3)22(23)27-31(29,30)20-13-18(24)12-19(25)14-20/h11-15,27H,4-10H2,1-3H3. The van der Waals surface area contributed by atoms with E-state index >= 15 is 0 Å². The van der Waals surface area contributed by atoms with Crippen LogP contribution < -0.4 is 4.72 Å². The highest BCUT2D eigenvalue weighted by atomic mass is 35.5. The number of aryl methyl sites for hydroxylation is 2. The van der Waals surface area contributed by atoms with Crippen LogP contribution in [-0.2, 0) is 16.6 Å². The lowest BCUT2D eigenvalue weighted by Crippen LogP contribution is -2.14. The quantitative estimate of drug-likeness (QED) is 0.313. The highest BCUT2D eigenvalue weighted by Gasteiger charge is 2.21. The molecule has 8 heteroatoms. The fourth-order valence-corrected chi connectivity index (χ4v) is 5.52. The molecule has 0 radical (unpaired) electrons. The van der Waals surface area contributed by atoms with Crippen LogP contribution >= 0.6 is 23.2 Å². The first-order chi connectivity index (χ1) is 14.7. The van der Waals surface area contributed by atoms with Gasteiger partial charge in [-0.3, -0.25) is 4.72 Å². The molecule has 0 saturated heterocycles. The van der Waals surface area contributed by atoms with Crippen molar-refractivity contribution in [3.63, 3.8) is 0 Å². The molecule has 2 aromatic carbocycles. The van der Waals surface area contributed by atoms with E-state index in [-0.39, 0.29) is 14.9 Å². The highest BCUT2D eigenvalue weighted by molar-refractivity contribution is 7.92. The minimum absolute atomic E-state index is 0.0190. The van der Waals surface area contributed by atoms with Gasteiger partial charge in [0.05, 0.1) is 22.4 Å². The van der Waals surface area contributed by atoms with Crippen LogP contribution in [0.5, 0.6) is 0 Å². The molecule has 0 amide bonds. The van der Waals surface area contributed by atoms with Gasteiger partial charge in [0.2, 0.25) is 0 Å². The molecule has 168 valence electrons. The molecule has 0 aliphatic rings. The number of hydrogen-bond donors (Lipinski definition) is 1. The summed E-state index contributed by atoms with van der Waals surface area (Å²) in [5, 5.41) is 0.532. The Morgan fingerprint density at radius 1 is 0.968 bits per heavy atom. The van der Waals surface area contributed by atoms with Crippen molar-refractivity contribution in [2.45, 2.75) is 70.7 Å². The third kappa shape index (κ3) is 5.73. The molecule has 0 saturated carbocycles. The van der Waals surface area contributed by atoms with Crippen molar-refractivity contribution in [3.05, 3.63) is 51.8 Å². The van der Waals surface area contributed by atoms with Crippen molar-refractivity contribution >= 4 is 49.9 Å². The number of hydrogen-bond acceptors (Lipinski definition) is 3.